The van der Waals surface area contributed by atoms with E-state index in [4.69, 9.17) is 11.6 Å². The van der Waals surface area contributed by atoms with Crippen molar-refractivity contribution in [2.75, 3.05) is 32.1 Å². The van der Waals surface area contributed by atoms with E-state index in [9.17, 15) is 4.79 Å². The van der Waals surface area contributed by atoms with Crippen molar-refractivity contribution in [1.29, 1.82) is 0 Å². The summed E-state index contributed by atoms with van der Waals surface area (Å²) in [5.41, 5.74) is 2.15. The summed E-state index contributed by atoms with van der Waals surface area (Å²) in [6.07, 6.45) is 3.95. The molecule has 2 aromatic heterocycles. The largest absolute Gasteiger partial charge is 0.339 e. The Bertz CT molecular complexity index is 604. The highest BCUT2D eigenvalue weighted by atomic mass is 35.5. The zero-order valence-electron chi connectivity index (χ0n) is 11.2. The summed E-state index contributed by atoms with van der Waals surface area (Å²) in [6, 6.07) is 6.00. The molecule has 0 radical (unpaired) electrons. The minimum absolute atomic E-state index is 0.0288. The first-order chi connectivity index (χ1) is 9.78. The summed E-state index contributed by atoms with van der Waals surface area (Å²) < 4.78 is 2.11. The number of fused-ring (bicyclic) bond motifs is 1. The normalized spacial score (nSPS) is 16.8. The maximum atomic E-state index is 11.5. The predicted molar refractivity (Wildman–Crippen MR) is 77.8 cm³/mol. The van der Waals surface area contributed by atoms with Crippen LogP contribution in [0.2, 0.25) is 0 Å². The second-order valence-corrected chi connectivity index (χ2v) is 5.24. The molecule has 1 aliphatic heterocycles. The lowest BCUT2D eigenvalue weighted by atomic mass is 10.3. The Balaban J connectivity index is 1.64. The molecule has 0 atom stereocenters. The molecule has 1 saturated heterocycles. The molecule has 0 aliphatic carbocycles. The van der Waals surface area contributed by atoms with Crippen molar-refractivity contribution in [3.8, 4) is 0 Å². The Morgan fingerprint density at radius 3 is 2.80 bits per heavy atom. The summed E-state index contributed by atoms with van der Waals surface area (Å²) in [5, 5.41) is 0. The van der Waals surface area contributed by atoms with Crippen LogP contribution in [-0.2, 0) is 11.3 Å². The smallest absolute Gasteiger partial charge is 0.237 e. The third kappa shape index (κ3) is 2.64. The molecule has 0 unspecified atom stereocenters. The van der Waals surface area contributed by atoms with Crippen molar-refractivity contribution >= 4 is 23.2 Å². The van der Waals surface area contributed by atoms with Gasteiger partial charge >= 0.3 is 0 Å². The fourth-order valence-corrected chi connectivity index (χ4v) is 2.74. The second kappa shape index (κ2) is 5.81. The van der Waals surface area contributed by atoms with Crippen LogP contribution in [0.15, 0.2) is 30.6 Å². The van der Waals surface area contributed by atoms with Gasteiger partial charge in [-0.1, -0.05) is 6.07 Å². The van der Waals surface area contributed by atoms with Crippen molar-refractivity contribution in [3.05, 3.63) is 36.3 Å². The number of carbonyl (C=O) groups is 1. The number of aromatic nitrogens is 2. The number of hydrogen-bond donors (Lipinski definition) is 0. The quantitative estimate of drug-likeness (QED) is 0.799. The SMILES string of the molecule is O=C(CCl)N1CCN(Cc2cnc3ccccn23)CC1. The van der Waals surface area contributed by atoms with Crippen molar-refractivity contribution in [1.82, 2.24) is 19.2 Å². The molecule has 0 bridgehead atoms. The standard InChI is InChI=1S/C14H17ClN4O/c15-9-14(20)18-7-5-17(6-8-18)11-12-10-16-13-3-1-2-4-19(12)13/h1-4,10H,5-9,11H2. The van der Waals surface area contributed by atoms with E-state index < -0.39 is 0 Å². The van der Waals surface area contributed by atoms with E-state index in [-0.39, 0.29) is 11.8 Å². The number of amides is 1. The molecule has 6 heteroatoms. The number of halogens is 1. The van der Waals surface area contributed by atoms with Crippen LogP contribution in [0, 0.1) is 0 Å². The molecule has 1 amide bonds. The molecule has 2 aromatic rings. The van der Waals surface area contributed by atoms with Gasteiger partial charge in [-0.15, -0.1) is 11.6 Å². The van der Waals surface area contributed by atoms with Crippen LogP contribution in [0.3, 0.4) is 0 Å². The second-order valence-electron chi connectivity index (χ2n) is 4.97. The zero-order chi connectivity index (χ0) is 13.9. The molecule has 3 heterocycles. The van der Waals surface area contributed by atoms with Gasteiger partial charge in [0.1, 0.15) is 11.5 Å². The van der Waals surface area contributed by atoms with Crippen molar-refractivity contribution in [3.63, 3.8) is 0 Å². The Hall–Kier alpha value is -1.59. The maximum Gasteiger partial charge on any atom is 0.237 e. The zero-order valence-corrected chi connectivity index (χ0v) is 12.0. The van der Waals surface area contributed by atoms with Crippen LogP contribution in [-0.4, -0.2) is 57.2 Å². The topological polar surface area (TPSA) is 40.9 Å². The maximum absolute atomic E-state index is 11.5. The van der Waals surface area contributed by atoms with E-state index >= 15 is 0 Å². The predicted octanol–water partition coefficient (Wildman–Crippen LogP) is 1.22. The minimum Gasteiger partial charge on any atom is -0.339 e. The van der Waals surface area contributed by atoms with Gasteiger partial charge in [-0.3, -0.25) is 9.69 Å². The minimum atomic E-state index is 0.0288. The van der Waals surface area contributed by atoms with Crippen molar-refractivity contribution in [2.45, 2.75) is 6.54 Å². The molecule has 0 saturated carbocycles. The molecule has 1 fully saturated rings. The van der Waals surface area contributed by atoms with Crippen LogP contribution in [0.1, 0.15) is 5.69 Å². The van der Waals surface area contributed by atoms with E-state index in [0.717, 1.165) is 38.4 Å². The Morgan fingerprint density at radius 1 is 1.25 bits per heavy atom. The number of rotatable bonds is 3. The fourth-order valence-electron chi connectivity index (χ4n) is 2.57. The molecule has 5 nitrogen and oxygen atoms in total. The number of piperazine rings is 1. The van der Waals surface area contributed by atoms with E-state index in [1.807, 2.05) is 35.5 Å². The van der Waals surface area contributed by atoms with Gasteiger partial charge in [-0.25, -0.2) is 4.98 Å². The van der Waals surface area contributed by atoms with Crippen molar-refractivity contribution < 1.29 is 4.79 Å². The first kappa shape index (κ1) is 13.4. The summed E-state index contributed by atoms with van der Waals surface area (Å²) in [5.74, 6) is 0.105. The highest BCUT2D eigenvalue weighted by molar-refractivity contribution is 6.27. The Morgan fingerprint density at radius 2 is 2.05 bits per heavy atom. The molecular weight excluding hydrogens is 276 g/mol. The summed E-state index contributed by atoms with van der Waals surface area (Å²) >= 11 is 5.59. The third-order valence-corrected chi connectivity index (χ3v) is 3.95. The number of carbonyl (C=O) groups excluding carboxylic acids is 1. The molecular formula is C14H17ClN4O. The van der Waals surface area contributed by atoms with Gasteiger partial charge < -0.3 is 9.30 Å². The molecule has 3 rings (SSSR count). The van der Waals surface area contributed by atoms with Gasteiger partial charge in [0.2, 0.25) is 5.91 Å². The van der Waals surface area contributed by atoms with Gasteiger partial charge in [0.15, 0.2) is 0 Å². The molecule has 106 valence electrons. The van der Waals surface area contributed by atoms with Gasteiger partial charge in [-0.05, 0) is 12.1 Å². The highest BCUT2D eigenvalue weighted by Crippen LogP contribution is 2.11. The number of hydrogen-bond acceptors (Lipinski definition) is 3. The first-order valence-electron chi connectivity index (χ1n) is 6.75. The highest BCUT2D eigenvalue weighted by Gasteiger charge is 2.20. The van der Waals surface area contributed by atoms with Crippen LogP contribution < -0.4 is 0 Å². The monoisotopic (exact) mass is 292 g/mol. The van der Waals surface area contributed by atoms with Crippen molar-refractivity contribution in [2.24, 2.45) is 0 Å². The van der Waals surface area contributed by atoms with Gasteiger partial charge in [0, 0.05) is 38.9 Å². The van der Waals surface area contributed by atoms with Gasteiger partial charge in [0.05, 0.1) is 11.9 Å². The average molecular weight is 293 g/mol. The molecule has 1 aliphatic rings. The van der Waals surface area contributed by atoms with E-state index in [1.165, 1.54) is 5.69 Å². The van der Waals surface area contributed by atoms with E-state index in [0.29, 0.717) is 0 Å². The number of pyridine rings is 1. The Labute approximate surface area is 122 Å². The summed E-state index contributed by atoms with van der Waals surface area (Å²) in [4.78, 5) is 20.1. The molecule has 0 N–H and O–H groups in total. The number of imidazole rings is 1. The summed E-state index contributed by atoms with van der Waals surface area (Å²) in [6.45, 7) is 4.12. The first-order valence-corrected chi connectivity index (χ1v) is 7.28. The lowest BCUT2D eigenvalue weighted by Crippen LogP contribution is -2.48. The van der Waals surface area contributed by atoms with Crippen LogP contribution in [0.4, 0.5) is 0 Å². The number of alkyl halides is 1. The third-order valence-electron chi connectivity index (χ3n) is 3.72. The lowest BCUT2D eigenvalue weighted by molar-refractivity contribution is -0.130. The summed E-state index contributed by atoms with van der Waals surface area (Å²) in [7, 11) is 0. The van der Waals surface area contributed by atoms with Crippen LogP contribution in [0.25, 0.3) is 5.65 Å². The van der Waals surface area contributed by atoms with E-state index in [1.54, 1.807) is 0 Å². The fraction of sp³-hybridized carbons (Fsp3) is 0.429. The lowest BCUT2D eigenvalue weighted by Gasteiger charge is -2.34. The molecule has 0 spiro atoms. The van der Waals surface area contributed by atoms with Gasteiger partial charge in [0.25, 0.3) is 0 Å². The average Bonchev–Trinajstić information content (AvgIpc) is 2.91. The van der Waals surface area contributed by atoms with Crippen LogP contribution >= 0.6 is 11.6 Å². The molecule has 0 aromatic carbocycles. The molecule has 20 heavy (non-hydrogen) atoms. The Kier molecular flexibility index (Phi) is 3.89. The van der Waals surface area contributed by atoms with E-state index in [2.05, 4.69) is 14.3 Å². The van der Waals surface area contributed by atoms with Crippen LogP contribution in [0.5, 0.6) is 0 Å². The van der Waals surface area contributed by atoms with Gasteiger partial charge in [-0.2, -0.15) is 0 Å². The number of nitrogens with zero attached hydrogens (tertiary/aromatic N) is 4.